The third-order valence-corrected chi connectivity index (χ3v) is 6.72. The molecule has 1 aliphatic rings. The molecule has 7 nitrogen and oxygen atoms in total. The fourth-order valence-electron chi connectivity index (χ4n) is 4.11. The van der Waals surface area contributed by atoms with Gasteiger partial charge in [-0.05, 0) is 49.3 Å². The van der Waals surface area contributed by atoms with Crippen LogP contribution in [0.3, 0.4) is 0 Å². The minimum atomic E-state index is 0.0101. The van der Waals surface area contributed by atoms with Crippen molar-refractivity contribution in [1.82, 2.24) is 28.0 Å². The number of aryl methyl sites for hydroxylation is 3. The maximum absolute atomic E-state index is 12.8. The van der Waals surface area contributed by atoms with E-state index in [0.29, 0.717) is 12.5 Å². The van der Waals surface area contributed by atoms with E-state index in [1.165, 1.54) is 0 Å². The summed E-state index contributed by atoms with van der Waals surface area (Å²) in [6, 6.07) is 4.20. The first-order valence-electron chi connectivity index (χ1n) is 10.6. The Hall–Kier alpha value is -2.06. The van der Waals surface area contributed by atoms with Crippen LogP contribution in [-0.2, 0) is 20.6 Å². The van der Waals surface area contributed by atoms with Gasteiger partial charge in [-0.15, -0.1) is 0 Å². The highest BCUT2D eigenvalue weighted by molar-refractivity contribution is 7.97. The van der Waals surface area contributed by atoms with Crippen molar-refractivity contribution in [3.05, 3.63) is 40.3 Å². The number of pyridine rings is 1. The molecule has 162 valence electrons. The van der Waals surface area contributed by atoms with Crippen LogP contribution in [0.2, 0.25) is 0 Å². The van der Waals surface area contributed by atoms with Gasteiger partial charge in [0.05, 0.1) is 5.52 Å². The summed E-state index contributed by atoms with van der Waals surface area (Å²) in [4.78, 5) is 22.4. The third-order valence-electron chi connectivity index (χ3n) is 5.75. The van der Waals surface area contributed by atoms with Crippen LogP contribution in [-0.4, -0.2) is 41.1 Å². The molecule has 1 unspecified atom stereocenters. The Morgan fingerprint density at radius 1 is 1.20 bits per heavy atom. The van der Waals surface area contributed by atoms with E-state index in [1.54, 1.807) is 16.5 Å². The number of fused-ring (bicyclic) bond motifs is 1. The van der Waals surface area contributed by atoms with Crippen LogP contribution in [0.15, 0.2) is 28.2 Å². The third kappa shape index (κ3) is 4.21. The number of piperidine rings is 1. The van der Waals surface area contributed by atoms with Crippen molar-refractivity contribution < 1.29 is 0 Å². The van der Waals surface area contributed by atoms with Gasteiger partial charge in [0.1, 0.15) is 10.9 Å². The van der Waals surface area contributed by atoms with Crippen LogP contribution < -0.4 is 5.69 Å². The summed E-state index contributed by atoms with van der Waals surface area (Å²) in [5, 5.41) is 1.04. The van der Waals surface area contributed by atoms with Gasteiger partial charge < -0.3 is 4.57 Å². The largest absolute Gasteiger partial charge is 0.337 e. The highest BCUT2D eigenvalue weighted by Crippen LogP contribution is 2.33. The average molecular weight is 429 g/mol. The molecule has 3 aromatic rings. The van der Waals surface area contributed by atoms with Crippen LogP contribution in [0.25, 0.3) is 11.2 Å². The second kappa shape index (κ2) is 7.89. The Bertz CT molecular complexity index is 1100. The van der Waals surface area contributed by atoms with Gasteiger partial charge in [0, 0.05) is 51.5 Å². The van der Waals surface area contributed by atoms with Crippen LogP contribution in [0.1, 0.15) is 51.0 Å². The lowest BCUT2D eigenvalue weighted by atomic mass is 9.95. The summed E-state index contributed by atoms with van der Waals surface area (Å²) in [6.45, 7) is 11.2. The highest BCUT2D eigenvalue weighted by atomic mass is 32.2. The molecule has 0 aromatic carbocycles. The maximum Gasteiger partial charge on any atom is 0.330 e. The van der Waals surface area contributed by atoms with Crippen LogP contribution in [0.5, 0.6) is 0 Å². The van der Waals surface area contributed by atoms with E-state index in [2.05, 4.69) is 53.0 Å². The normalized spacial score (nSPS) is 18.4. The molecule has 0 spiro atoms. The fraction of sp³-hybridized carbons (Fsp3) is 0.591. The van der Waals surface area contributed by atoms with E-state index in [4.69, 9.17) is 4.98 Å². The van der Waals surface area contributed by atoms with Gasteiger partial charge in [0.25, 0.3) is 0 Å². The van der Waals surface area contributed by atoms with Gasteiger partial charge in [-0.3, -0.25) is 9.13 Å². The Kier molecular flexibility index (Phi) is 5.57. The number of nitrogens with zero attached hydrogens (tertiary/aromatic N) is 6. The van der Waals surface area contributed by atoms with Gasteiger partial charge in [0.15, 0.2) is 5.65 Å². The van der Waals surface area contributed by atoms with Crippen molar-refractivity contribution in [2.24, 2.45) is 19.5 Å². The number of imidazole rings is 2. The fourth-order valence-corrected chi connectivity index (χ4v) is 5.23. The topological polar surface area (TPSA) is 60.9 Å². The zero-order valence-corrected chi connectivity index (χ0v) is 19.7. The second-order valence-corrected chi connectivity index (χ2v) is 10.7. The molecule has 0 N–H and O–H groups in total. The predicted molar refractivity (Wildman–Crippen MR) is 122 cm³/mol. The van der Waals surface area contributed by atoms with E-state index in [-0.39, 0.29) is 11.1 Å². The van der Waals surface area contributed by atoms with Gasteiger partial charge in [-0.2, -0.15) is 0 Å². The van der Waals surface area contributed by atoms with Gasteiger partial charge in [-0.1, -0.05) is 20.8 Å². The first kappa shape index (κ1) is 21.2. The van der Waals surface area contributed by atoms with Gasteiger partial charge in [-0.25, -0.2) is 19.1 Å². The SMILES string of the molecule is Cc1nc(SN2CCCC(c3ccc4c(n3)n(C)c(=O)n4CC(C)(C)C)C2)cn1C. The molecule has 0 saturated carbocycles. The van der Waals surface area contributed by atoms with E-state index >= 15 is 0 Å². The van der Waals surface area contributed by atoms with Crippen molar-refractivity contribution in [3.63, 3.8) is 0 Å². The molecule has 1 saturated heterocycles. The Balaban J connectivity index is 1.58. The smallest absolute Gasteiger partial charge is 0.330 e. The Morgan fingerprint density at radius 2 is 1.97 bits per heavy atom. The van der Waals surface area contributed by atoms with Gasteiger partial charge in [0.2, 0.25) is 0 Å². The Morgan fingerprint density at radius 3 is 2.63 bits per heavy atom. The van der Waals surface area contributed by atoms with E-state index < -0.39 is 0 Å². The lowest BCUT2D eigenvalue weighted by molar-refractivity contribution is 0.338. The predicted octanol–water partition coefficient (Wildman–Crippen LogP) is 3.71. The molecule has 0 bridgehead atoms. The minimum Gasteiger partial charge on any atom is -0.337 e. The van der Waals surface area contributed by atoms with Crippen molar-refractivity contribution in [1.29, 1.82) is 0 Å². The lowest BCUT2D eigenvalue weighted by Crippen LogP contribution is -2.29. The van der Waals surface area contributed by atoms with Crippen LogP contribution >= 0.6 is 11.9 Å². The summed E-state index contributed by atoms with van der Waals surface area (Å²) in [6.07, 6.45) is 4.34. The molecular formula is C22H32N6OS. The number of hydrogen-bond acceptors (Lipinski definition) is 5. The van der Waals surface area contributed by atoms with E-state index in [1.807, 2.05) is 25.6 Å². The summed E-state index contributed by atoms with van der Waals surface area (Å²) < 4.78 is 8.00. The molecule has 8 heteroatoms. The molecule has 1 aliphatic heterocycles. The van der Waals surface area contributed by atoms with Crippen molar-refractivity contribution >= 4 is 23.1 Å². The van der Waals surface area contributed by atoms with E-state index in [9.17, 15) is 4.79 Å². The Labute approximate surface area is 182 Å². The first-order chi connectivity index (χ1) is 14.1. The standard InChI is InChI=1S/C22H32N6OS/c1-15-23-19(13-25(15)5)30-27-11-7-8-16(12-27)17-9-10-18-20(24-17)26(6)21(29)28(18)14-22(2,3)4/h9-10,13,16H,7-8,11-12,14H2,1-6H3. The second-order valence-electron chi connectivity index (χ2n) is 9.62. The van der Waals surface area contributed by atoms with Crippen molar-refractivity contribution in [2.45, 2.75) is 58.0 Å². The molecule has 4 heterocycles. The highest BCUT2D eigenvalue weighted by Gasteiger charge is 2.25. The zero-order valence-electron chi connectivity index (χ0n) is 18.8. The molecule has 4 rings (SSSR count). The number of hydrogen-bond donors (Lipinski definition) is 0. The molecule has 30 heavy (non-hydrogen) atoms. The molecule has 1 atom stereocenters. The minimum absolute atomic E-state index is 0.0101. The molecule has 1 fully saturated rings. The quantitative estimate of drug-likeness (QED) is 0.593. The number of aromatic nitrogens is 5. The first-order valence-corrected chi connectivity index (χ1v) is 11.4. The molecule has 0 radical (unpaired) electrons. The van der Waals surface area contributed by atoms with Gasteiger partial charge >= 0.3 is 5.69 Å². The van der Waals surface area contributed by atoms with Crippen LogP contribution in [0.4, 0.5) is 0 Å². The van der Waals surface area contributed by atoms with E-state index in [0.717, 1.165) is 53.6 Å². The summed E-state index contributed by atoms with van der Waals surface area (Å²) >= 11 is 1.73. The average Bonchev–Trinajstić information content (AvgIpc) is 3.11. The lowest BCUT2D eigenvalue weighted by Gasteiger charge is -2.30. The summed E-state index contributed by atoms with van der Waals surface area (Å²) in [5.74, 6) is 1.39. The number of rotatable bonds is 4. The molecule has 3 aromatic heterocycles. The molecular weight excluding hydrogens is 396 g/mol. The zero-order chi connectivity index (χ0) is 21.6. The molecule has 0 amide bonds. The van der Waals surface area contributed by atoms with Crippen LogP contribution in [0, 0.1) is 12.3 Å². The van der Waals surface area contributed by atoms with Crippen molar-refractivity contribution in [2.75, 3.05) is 13.1 Å². The monoisotopic (exact) mass is 428 g/mol. The van der Waals surface area contributed by atoms with Crippen molar-refractivity contribution in [3.8, 4) is 0 Å². The summed E-state index contributed by atoms with van der Waals surface area (Å²) in [7, 11) is 3.85. The molecule has 0 aliphatic carbocycles. The summed E-state index contributed by atoms with van der Waals surface area (Å²) in [5.41, 5.74) is 2.82. The maximum atomic E-state index is 12.8.